The van der Waals surface area contributed by atoms with E-state index in [1.54, 1.807) is 0 Å². The average Bonchev–Trinajstić information content (AvgIpc) is 2.07. The van der Waals surface area contributed by atoms with E-state index in [1.165, 1.54) is 6.42 Å². The van der Waals surface area contributed by atoms with E-state index in [1.807, 2.05) is 6.92 Å². The molecular formula is C11H24O. The van der Waals surface area contributed by atoms with Gasteiger partial charge in [-0.2, -0.15) is 0 Å². The molecule has 0 aromatic heterocycles. The summed E-state index contributed by atoms with van der Waals surface area (Å²) in [5.74, 6) is 0.505. The highest BCUT2D eigenvalue weighted by Crippen LogP contribution is 2.01. The smallest absolute Gasteiger partial charge is 0.0456 e. The number of rotatable bonds is 4. The van der Waals surface area contributed by atoms with Crippen LogP contribution in [-0.2, 0) is 0 Å². The normalized spacial score (nSPS) is 12.4. The first-order chi connectivity index (χ1) is 5.72. The van der Waals surface area contributed by atoms with Crippen molar-refractivity contribution in [1.29, 1.82) is 0 Å². The Hall–Kier alpha value is -0.300. The summed E-state index contributed by atoms with van der Waals surface area (Å²) in [6, 6.07) is 0. The summed E-state index contributed by atoms with van der Waals surface area (Å²) >= 11 is 0. The molecule has 0 bridgehead atoms. The molecule has 1 heteroatoms. The predicted octanol–water partition coefficient (Wildman–Crippen LogP) is 3.39. The molecule has 0 fully saturated rings. The van der Waals surface area contributed by atoms with Gasteiger partial charge in [0.2, 0.25) is 0 Å². The molecule has 1 nitrogen and oxygen atoms in total. The second kappa shape index (κ2) is 13.3. The summed E-state index contributed by atoms with van der Waals surface area (Å²) in [7, 11) is 0. The van der Waals surface area contributed by atoms with Gasteiger partial charge in [-0.1, -0.05) is 39.3 Å². The van der Waals surface area contributed by atoms with E-state index in [0.29, 0.717) is 12.5 Å². The Morgan fingerprint density at radius 2 is 1.92 bits per heavy atom. The van der Waals surface area contributed by atoms with Crippen LogP contribution < -0.4 is 0 Å². The Morgan fingerprint density at radius 1 is 1.33 bits per heavy atom. The zero-order valence-electron chi connectivity index (χ0n) is 9.01. The van der Waals surface area contributed by atoms with E-state index in [0.717, 1.165) is 12.8 Å². The van der Waals surface area contributed by atoms with Gasteiger partial charge in [0.15, 0.2) is 0 Å². The average molecular weight is 172 g/mol. The maximum absolute atomic E-state index is 8.47. The second-order valence-corrected chi connectivity index (χ2v) is 3.05. The first kappa shape index (κ1) is 14.2. The van der Waals surface area contributed by atoms with Gasteiger partial charge < -0.3 is 5.11 Å². The van der Waals surface area contributed by atoms with Crippen molar-refractivity contribution in [2.24, 2.45) is 5.92 Å². The van der Waals surface area contributed by atoms with Crippen LogP contribution >= 0.6 is 0 Å². The fraction of sp³-hybridized carbons (Fsp3) is 0.818. The highest BCUT2D eigenvalue weighted by molar-refractivity contribution is 4.73. The largest absolute Gasteiger partial charge is 0.396 e. The van der Waals surface area contributed by atoms with E-state index in [-0.39, 0.29) is 0 Å². The van der Waals surface area contributed by atoms with Crippen LogP contribution in [0.25, 0.3) is 0 Å². The standard InChI is InChI=1S/C6H14O.C5H10/c1-3-4-6(2)5-7;1-3-5-4-2/h6-7H,3-5H2,1-2H3;3,5H,4H2,1-2H3. The number of aliphatic hydroxyl groups is 1. The molecule has 74 valence electrons. The minimum absolute atomic E-state index is 0.341. The molecule has 0 saturated heterocycles. The Kier molecular flexibility index (Phi) is 15.8. The molecule has 0 aromatic carbocycles. The first-order valence-electron chi connectivity index (χ1n) is 4.94. The molecule has 12 heavy (non-hydrogen) atoms. The lowest BCUT2D eigenvalue weighted by molar-refractivity contribution is 0.229. The summed E-state index contributed by atoms with van der Waals surface area (Å²) in [6.45, 7) is 8.69. The molecule has 0 aliphatic rings. The third-order valence-electron chi connectivity index (χ3n) is 1.56. The third kappa shape index (κ3) is 16.4. The molecular weight excluding hydrogens is 148 g/mol. The fourth-order valence-corrected chi connectivity index (χ4v) is 0.820. The van der Waals surface area contributed by atoms with Gasteiger partial charge in [0.1, 0.15) is 0 Å². The second-order valence-electron chi connectivity index (χ2n) is 3.05. The van der Waals surface area contributed by atoms with Crippen molar-refractivity contribution in [2.45, 2.75) is 47.0 Å². The molecule has 0 spiro atoms. The Bertz CT molecular complexity index is 87.0. The van der Waals surface area contributed by atoms with Crippen LogP contribution in [0.15, 0.2) is 12.2 Å². The van der Waals surface area contributed by atoms with Crippen molar-refractivity contribution in [3.05, 3.63) is 12.2 Å². The molecule has 0 aromatic rings. The van der Waals surface area contributed by atoms with Gasteiger partial charge in [-0.25, -0.2) is 0 Å². The summed E-state index contributed by atoms with van der Waals surface area (Å²) in [6.07, 6.45) is 7.68. The van der Waals surface area contributed by atoms with Crippen molar-refractivity contribution in [3.8, 4) is 0 Å². The van der Waals surface area contributed by atoms with Crippen LogP contribution in [0, 0.1) is 5.92 Å². The zero-order valence-corrected chi connectivity index (χ0v) is 9.01. The van der Waals surface area contributed by atoms with Crippen LogP contribution in [0.2, 0.25) is 0 Å². The maximum Gasteiger partial charge on any atom is 0.0456 e. The van der Waals surface area contributed by atoms with Gasteiger partial charge in [0, 0.05) is 6.61 Å². The predicted molar refractivity (Wildman–Crippen MR) is 56.3 cm³/mol. The molecule has 1 N–H and O–H groups in total. The highest BCUT2D eigenvalue weighted by atomic mass is 16.3. The number of aliphatic hydroxyl groups excluding tert-OH is 1. The lowest BCUT2D eigenvalue weighted by atomic mass is 10.1. The molecule has 0 saturated carbocycles. The van der Waals surface area contributed by atoms with Crippen molar-refractivity contribution < 1.29 is 5.11 Å². The van der Waals surface area contributed by atoms with E-state index in [9.17, 15) is 0 Å². The van der Waals surface area contributed by atoms with Gasteiger partial charge in [0.05, 0.1) is 0 Å². The Labute approximate surface area is 77.5 Å². The number of hydrogen-bond donors (Lipinski definition) is 1. The summed E-state index contributed by atoms with van der Waals surface area (Å²) < 4.78 is 0. The summed E-state index contributed by atoms with van der Waals surface area (Å²) in [5.41, 5.74) is 0. The minimum Gasteiger partial charge on any atom is -0.396 e. The Morgan fingerprint density at radius 3 is 2.00 bits per heavy atom. The van der Waals surface area contributed by atoms with E-state index in [2.05, 4.69) is 32.9 Å². The molecule has 1 atom stereocenters. The van der Waals surface area contributed by atoms with Crippen molar-refractivity contribution in [3.63, 3.8) is 0 Å². The molecule has 0 aliphatic heterocycles. The fourth-order valence-electron chi connectivity index (χ4n) is 0.820. The third-order valence-corrected chi connectivity index (χ3v) is 1.56. The molecule has 0 rings (SSSR count). The van der Waals surface area contributed by atoms with Crippen molar-refractivity contribution in [2.75, 3.05) is 6.61 Å². The topological polar surface area (TPSA) is 20.2 Å². The van der Waals surface area contributed by atoms with Gasteiger partial charge in [-0.3, -0.25) is 0 Å². The van der Waals surface area contributed by atoms with Crippen LogP contribution in [-0.4, -0.2) is 11.7 Å². The van der Waals surface area contributed by atoms with Gasteiger partial charge in [-0.15, -0.1) is 0 Å². The number of hydrogen-bond acceptors (Lipinski definition) is 1. The zero-order chi connectivity index (χ0) is 9.82. The molecule has 1 unspecified atom stereocenters. The molecule has 0 amide bonds. The molecule has 0 radical (unpaired) electrons. The quantitative estimate of drug-likeness (QED) is 0.644. The molecule has 0 aliphatic carbocycles. The van der Waals surface area contributed by atoms with Crippen molar-refractivity contribution in [1.82, 2.24) is 0 Å². The van der Waals surface area contributed by atoms with Crippen LogP contribution in [0.4, 0.5) is 0 Å². The lowest BCUT2D eigenvalue weighted by Crippen LogP contribution is -1.98. The SMILES string of the molecule is CC=CCC.CCCC(C)CO. The van der Waals surface area contributed by atoms with Gasteiger partial charge in [-0.05, 0) is 25.7 Å². The maximum atomic E-state index is 8.47. The van der Waals surface area contributed by atoms with E-state index >= 15 is 0 Å². The van der Waals surface area contributed by atoms with Crippen LogP contribution in [0.5, 0.6) is 0 Å². The Balaban J connectivity index is 0. The minimum atomic E-state index is 0.341. The number of allylic oxidation sites excluding steroid dienone is 2. The first-order valence-corrected chi connectivity index (χ1v) is 4.94. The van der Waals surface area contributed by atoms with Crippen molar-refractivity contribution >= 4 is 0 Å². The van der Waals surface area contributed by atoms with Gasteiger partial charge in [0.25, 0.3) is 0 Å². The van der Waals surface area contributed by atoms with Crippen LogP contribution in [0.1, 0.15) is 47.0 Å². The molecule has 0 heterocycles. The van der Waals surface area contributed by atoms with Gasteiger partial charge >= 0.3 is 0 Å². The lowest BCUT2D eigenvalue weighted by Gasteiger charge is -2.01. The highest BCUT2D eigenvalue weighted by Gasteiger charge is 1.93. The summed E-state index contributed by atoms with van der Waals surface area (Å²) in [4.78, 5) is 0. The van der Waals surface area contributed by atoms with Crippen LogP contribution in [0.3, 0.4) is 0 Å². The van der Waals surface area contributed by atoms with E-state index in [4.69, 9.17) is 5.11 Å². The monoisotopic (exact) mass is 172 g/mol. The summed E-state index contributed by atoms with van der Waals surface area (Å²) in [5, 5.41) is 8.47. The van der Waals surface area contributed by atoms with E-state index < -0.39 is 0 Å².